The average Bonchev–Trinajstić information content (AvgIpc) is 3.08. The van der Waals surface area contributed by atoms with Crippen molar-refractivity contribution in [1.29, 1.82) is 0 Å². The lowest BCUT2D eigenvalue weighted by molar-refractivity contribution is -0.0613. The van der Waals surface area contributed by atoms with Gasteiger partial charge in [-0.3, -0.25) is 0 Å². The van der Waals surface area contributed by atoms with Gasteiger partial charge in [0.25, 0.3) is 0 Å². The minimum atomic E-state index is -0.130. The molecule has 1 N–H and O–H groups in total. The molecule has 1 nitrogen and oxygen atoms in total. The van der Waals surface area contributed by atoms with E-state index in [0.29, 0.717) is 34.5 Å². The molecule has 0 aromatic heterocycles. The summed E-state index contributed by atoms with van der Waals surface area (Å²) >= 11 is 0. The first-order chi connectivity index (χ1) is 14.1. The van der Waals surface area contributed by atoms with Crippen LogP contribution >= 0.6 is 0 Å². The zero-order valence-corrected chi connectivity index (χ0v) is 21.5. The Morgan fingerprint density at radius 3 is 2.30 bits per heavy atom. The van der Waals surface area contributed by atoms with E-state index in [1.54, 1.807) is 5.57 Å². The summed E-state index contributed by atoms with van der Waals surface area (Å²) in [5.74, 6) is 5.09. The van der Waals surface area contributed by atoms with Gasteiger partial charge in [-0.05, 0) is 104 Å². The molecule has 3 rings (SSSR count). The van der Waals surface area contributed by atoms with Gasteiger partial charge in [-0.2, -0.15) is 0 Å². The quantitative estimate of drug-likeness (QED) is 0.395. The molecule has 30 heavy (non-hydrogen) atoms. The molecule has 174 valence electrons. The number of allylic oxidation sites excluding steroid dienone is 2. The van der Waals surface area contributed by atoms with E-state index in [0.717, 1.165) is 24.2 Å². The van der Waals surface area contributed by atoms with Crippen LogP contribution in [-0.4, -0.2) is 11.2 Å². The van der Waals surface area contributed by atoms with E-state index in [1.165, 1.54) is 51.4 Å². The highest BCUT2D eigenvalue weighted by molar-refractivity contribution is 5.22. The fourth-order valence-corrected chi connectivity index (χ4v) is 8.80. The van der Waals surface area contributed by atoms with Crippen molar-refractivity contribution in [1.82, 2.24) is 0 Å². The first kappa shape index (κ1) is 24.3. The smallest absolute Gasteiger partial charge is 0.0571 e. The van der Waals surface area contributed by atoms with E-state index in [1.807, 2.05) is 0 Å². The van der Waals surface area contributed by atoms with Gasteiger partial charge in [0.1, 0.15) is 0 Å². The highest BCUT2D eigenvalue weighted by Gasteiger charge is 2.58. The molecule has 9 atom stereocenters. The Labute approximate surface area is 188 Å². The number of aliphatic hydroxyl groups is 1. The SMILES string of the molecule is CCC1=CCC2C3CCC([C@H](C)[C@H](O)C[C@@H](CC)C(C)C)[C@@]3(C)CCC2[C@@]1(C)CC. The summed E-state index contributed by atoms with van der Waals surface area (Å²) in [5.41, 5.74) is 2.61. The third kappa shape index (κ3) is 3.95. The second-order valence-electron chi connectivity index (χ2n) is 12.3. The topological polar surface area (TPSA) is 20.2 Å². The molecule has 0 spiro atoms. The molecular formula is C29H52O. The molecule has 3 aliphatic rings. The highest BCUT2D eigenvalue weighted by Crippen LogP contribution is 2.66. The normalized spacial score (nSPS) is 41.7. The molecule has 0 heterocycles. The zero-order chi connectivity index (χ0) is 22.3. The Hall–Kier alpha value is -0.300. The lowest BCUT2D eigenvalue weighted by atomic mass is 9.48. The zero-order valence-electron chi connectivity index (χ0n) is 21.5. The maximum absolute atomic E-state index is 11.2. The Bertz CT molecular complexity index is 605. The Kier molecular flexibility index (Phi) is 7.53. The van der Waals surface area contributed by atoms with Crippen LogP contribution in [0.5, 0.6) is 0 Å². The summed E-state index contributed by atoms with van der Waals surface area (Å²) in [5, 5.41) is 11.2. The number of hydrogen-bond donors (Lipinski definition) is 1. The van der Waals surface area contributed by atoms with Crippen LogP contribution in [0.4, 0.5) is 0 Å². The van der Waals surface area contributed by atoms with Gasteiger partial charge in [0.15, 0.2) is 0 Å². The van der Waals surface area contributed by atoms with Gasteiger partial charge in [-0.25, -0.2) is 0 Å². The molecule has 0 saturated heterocycles. The number of hydrogen-bond acceptors (Lipinski definition) is 1. The van der Waals surface area contributed by atoms with Crippen molar-refractivity contribution in [2.75, 3.05) is 0 Å². The molecule has 0 aliphatic heterocycles. The fourth-order valence-electron chi connectivity index (χ4n) is 8.80. The van der Waals surface area contributed by atoms with Crippen LogP contribution in [-0.2, 0) is 0 Å². The van der Waals surface area contributed by atoms with Gasteiger partial charge in [0, 0.05) is 0 Å². The predicted octanol–water partition coefficient (Wildman–Crippen LogP) is 8.27. The van der Waals surface area contributed by atoms with Gasteiger partial charge in [-0.15, -0.1) is 0 Å². The summed E-state index contributed by atoms with van der Waals surface area (Å²) in [6.45, 7) is 19.3. The molecule has 2 fully saturated rings. The van der Waals surface area contributed by atoms with E-state index in [-0.39, 0.29) is 6.10 Å². The number of fused-ring (bicyclic) bond motifs is 3. The summed E-state index contributed by atoms with van der Waals surface area (Å²) in [7, 11) is 0. The van der Waals surface area contributed by atoms with Crippen LogP contribution in [0.25, 0.3) is 0 Å². The molecule has 1 heteroatoms. The molecule has 0 radical (unpaired) electrons. The number of aliphatic hydroxyl groups excluding tert-OH is 1. The van der Waals surface area contributed by atoms with Crippen molar-refractivity contribution in [3.8, 4) is 0 Å². The monoisotopic (exact) mass is 416 g/mol. The Balaban J connectivity index is 1.78. The van der Waals surface area contributed by atoms with E-state index >= 15 is 0 Å². The predicted molar refractivity (Wildman–Crippen MR) is 130 cm³/mol. The minimum absolute atomic E-state index is 0.130. The van der Waals surface area contributed by atoms with E-state index < -0.39 is 0 Å². The van der Waals surface area contributed by atoms with Crippen molar-refractivity contribution in [2.24, 2.45) is 52.3 Å². The van der Waals surface area contributed by atoms with Gasteiger partial charge >= 0.3 is 0 Å². The maximum atomic E-state index is 11.2. The van der Waals surface area contributed by atoms with Crippen molar-refractivity contribution in [2.45, 2.75) is 119 Å². The first-order valence-corrected chi connectivity index (χ1v) is 13.5. The third-order valence-corrected chi connectivity index (χ3v) is 11.1. The molecule has 3 aliphatic carbocycles. The molecule has 0 bridgehead atoms. The largest absolute Gasteiger partial charge is 0.393 e. The van der Waals surface area contributed by atoms with E-state index in [4.69, 9.17) is 0 Å². The second-order valence-corrected chi connectivity index (χ2v) is 12.3. The van der Waals surface area contributed by atoms with Crippen molar-refractivity contribution in [3.05, 3.63) is 11.6 Å². The highest BCUT2D eigenvalue weighted by atomic mass is 16.3. The van der Waals surface area contributed by atoms with Crippen LogP contribution < -0.4 is 0 Å². The van der Waals surface area contributed by atoms with Crippen LogP contribution in [0.1, 0.15) is 113 Å². The number of rotatable bonds is 8. The lowest BCUT2D eigenvalue weighted by Gasteiger charge is -2.57. The second kappa shape index (κ2) is 9.29. The molecule has 0 aromatic carbocycles. The standard InChI is InChI=1S/C29H52O/c1-9-21(19(4)5)18-27(30)20(6)24-14-15-25-23-13-12-22(10-2)28(7,11-3)26(23)16-17-29(24,25)8/h12,19-21,23-27,30H,9-11,13-18H2,1-8H3/t20-,21+,23?,24?,25?,26?,27+,28-,29+/m0/s1. The third-order valence-electron chi connectivity index (χ3n) is 11.1. The van der Waals surface area contributed by atoms with Crippen LogP contribution in [0, 0.1) is 52.3 Å². The van der Waals surface area contributed by atoms with Crippen LogP contribution in [0.2, 0.25) is 0 Å². The maximum Gasteiger partial charge on any atom is 0.0571 e. The van der Waals surface area contributed by atoms with Gasteiger partial charge in [-0.1, -0.05) is 73.5 Å². The molecular weight excluding hydrogens is 364 g/mol. The summed E-state index contributed by atoms with van der Waals surface area (Å²) < 4.78 is 0. The Morgan fingerprint density at radius 1 is 1.03 bits per heavy atom. The van der Waals surface area contributed by atoms with Gasteiger partial charge in [0.2, 0.25) is 0 Å². The van der Waals surface area contributed by atoms with Crippen LogP contribution in [0.3, 0.4) is 0 Å². The Morgan fingerprint density at radius 2 is 1.73 bits per heavy atom. The van der Waals surface area contributed by atoms with Gasteiger partial charge in [0.05, 0.1) is 6.10 Å². The molecule has 4 unspecified atom stereocenters. The molecule has 0 amide bonds. The fraction of sp³-hybridized carbons (Fsp3) is 0.931. The molecule has 0 aromatic rings. The van der Waals surface area contributed by atoms with E-state index in [9.17, 15) is 5.11 Å². The molecule has 2 saturated carbocycles. The van der Waals surface area contributed by atoms with Crippen LogP contribution in [0.15, 0.2) is 11.6 Å². The van der Waals surface area contributed by atoms with Crippen molar-refractivity contribution < 1.29 is 5.11 Å². The minimum Gasteiger partial charge on any atom is -0.393 e. The first-order valence-electron chi connectivity index (χ1n) is 13.5. The summed E-state index contributed by atoms with van der Waals surface area (Å²) in [6, 6.07) is 0. The lowest BCUT2D eigenvalue weighted by Crippen LogP contribution is -2.50. The van der Waals surface area contributed by atoms with Crippen molar-refractivity contribution in [3.63, 3.8) is 0 Å². The summed E-state index contributed by atoms with van der Waals surface area (Å²) in [6.07, 6.45) is 14.1. The van der Waals surface area contributed by atoms with Crippen molar-refractivity contribution >= 4 is 0 Å². The van der Waals surface area contributed by atoms with Gasteiger partial charge < -0.3 is 5.11 Å². The summed E-state index contributed by atoms with van der Waals surface area (Å²) in [4.78, 5) is 0. The average molecular weight is 417 g/mol. The van der Waals surface area contributed by atoms with E-state index in [2.05, 4.69) is 61.5 Å².